The van der Waals surface area contributed by atoms with E-state index in [9.17, 15) is 4.79 Å². The summed E-state index contributed by atoms with van der Waals surface area (Å²) in [5, 5.41) is 5.38. The minimum atomic E-state index is 0.0360. The summed E-state index contributed by atoms with van der Waals surface area (Å²) >= 11 is 1.45. The van der Waals surface area contributed by atoms with Crippen molar-refractivity contribution in [3.63, 3.8) is 0 Å². The van der Waals surface area contributed by atoms with Crippen LogP contribution in [0.5, 0.6) is 0 Å². The molecule has 0 radical (unpaired) electrons. The third kappa shape index (κ3) is 2.18. The van der Waals surface area contributed by atoms with Crippen LogP contribution in [0.3, 0.4) is 0 Å². The van der Waals surface area contributed by atoms with Crippen molar-refractivity contribution in [2.24, 2.45) is 0 Å². The monoisotopic (exact) mass is 225 g/mol. The lowest BCUT2D eigenvalue weighted by Gasteiger charge is -2.42. The quantitative estimate of drug-likeness (QED) is 0.849. The number of hydrogen-bond donors (Lipinski definition) is 1. The molecule has 1 saturated heterocycles. The zero-order valence-corrected chi connectivity index (χ0v) is 9.75. The Balaban J connectivity index is 1.92. The normalized spacial score (nSPS) is 21.4. The summed E-state index contributed by atoms with van der Waals surface area (Å²) in [6.45, 7) is 5.25. The molecule has 1 N–H and O–H groups in total. The number of thiazole rings is 1. The van der Waals surface area contributed by atoms with Crippen molar-refractivity contribution >= 4 is 22.4 Å². The Bertz CT molecular complexity index is 336. The van der Waals surface area contributed by atoms with Gasteiger partial charge in [-0.15, -0.1) is 11.3 Å². The number of anilines is 1. The molecule has 0 spiro atoms. The highest BCUT2D eigenvalue weighted by molar-refractivity contribution is 7.13. The molecular weight excluding hydrogens is 210 g/mol. The Morgan fingerprint density at radius 3 is 3.00 bits per heavy atom. The van der Waals surface area contributed by atoms with E-state index in [4.69, 9.17) is 0 Å². The van der Waals surface area contributed by atoms with E-state index < -0.39 is 0 Å². The highest BCUT2D eigenvalue weighted by atomic mass is 32.1. The van der Waals surface area contributed by atoms with Gasteiger partial charge in [-0.05, 0) is 20.3 Å². The fraction of sp³-hybridized carbons (Fsp3) is 0.600. The molecule has 0 aromatic carbocycles. The number of hydrogen-bond acceptors (Lipinski definition) is 4. The Labute approximate surface area is 93.3 Å². The Morgan fingerprint density at radius 1 is 1.73 bits per heavy atom. The summed E-state index contributed by atoms with van der Waals surface area (Å²) < 4.78 is 0. The van der Waals surface area contributed by atoms with E-state index in [1.165, 1.54) is 11.3 Å². The molecule has 0 saturated carbocycles. The van der Waals surface area contributed by atoms with Crippen LogP contribution in [-0.4, -0.2) is 34.4 Å². The molecule has 2 rings (SSSR count). The number of carbonyl (C=O) groups is 1. The molecule has 1 aromatic heterocycles. The van der Waals surface area contributed by atoms with Crippen molar-refractivity contribution in [2.75, 3.05) is 11.9 Å². The second-order valence-electron chi connectivity index (χ2n) is 3.96. The molecule has 5 heteroatoms. The molecule has 1 atom stereocenters. The lowest BCUT2D eigenvalue weighted by atomic mass is 10.00. The predicted octanol–water partition coefficient (Wildman–Crippen LogP) is 1.56. The maximum absolute atomic E-state index is 11.8. The van der Waals surface area contributed by atoms with E-state index in [1.54, 1.807) is 6.20 Å². The van der Waals surface area contributed by atoms with Crippen LogP contribution in [0.15, 0.2) is 11.6 Å². The summed E-state index contributed by atoms with van der Waals surface area (Å²) in [6, 6.07) is 0.472. The van der Waals surface area contributed by atoms with Crippen LogP contribution in [0.25, 0.3) is 0 Å². The van der Waals surface area contributed by atoms with Crippen LogP contribution < -0.4 is 5.32 Å². The minimum Gasteiger partial charge on any atom is -0.301 e. The highest BCUT2D eigenvalue weighted by Crippen LogP contribution is 2.22. The average Bonchev–Trinajstić information content (AvgIpc) is 2.52. The minimum absolute atomic E-state index is 0.0360. The zero-order valence-electron chi connectivity index (χ0n) is 8.93. The molecule has 2 heterocycles. The Kier molecular flexibility index (Phi) is 3.02. The first kappa shape index (κ1) is 10.6. The maximum atomic E-state index is 11.8. The SMILES string of the molecule is CC(C)N1CCC1C(=O)Nc1nccs1. The molecule has 0 aliphatic carbocycles. The van der Waals surface area contributed by atoms with Crippen molar-refractivity contribution in [3.8, 4) is 0 Å². The lowest BCUT2D eigenvalue weighted by molar-refractivity contribution is -0.126. The van der Waals surface area contributed by atoms with Crippen LogP contribution in [0.2, 0.25) is 0 Å². The molecule has 1 aliphatic heterocycles. The van der Waals surface area contributed by atoms with Gasteiger partial charge in [0, 0.05) is 24.2 Å². The number of likely N-dealkylation sites (tertiary alicyclic amines) is 1. The molecule has 1 unspecified atom stereocenters. The van der Waals surface area contributed by atoms with Gasteiger partial charge in [0.15, 0.2) is 5.13 Å². The average molecular weight is 225 g/mol. The number of nitrogens with zero attached hydrogens (tertiary/aromatic N) is 2. The number of nitrogens with one attached hydrogen (secondary N) is 1. The standard InChI is InChI=1S/C10H15N3OS/c1-7(2)13-5-3-8(13)9(14)12-10-11-4-6-15-10/h4,6-8H,3,5H2,1-2H3,(H,11,12,14). The second-order valence-corrected chi connectivity index (χ2v) is 4.86. The van der Waals surface area contributed by atoms with E-state index in [2.05, 4.69) is 29.0 Å². The number of amides is 1. The summed E-state index contributed by atoms with van der Waals surface area (Å²) in [7, 11) is 0. The molecule has 82 valence electrons. The fourth-order valence-electron chi connectivity index (χ4n) is 1.78. The van der Waals surface area contributed by atoms with Gasteiger partial charge >= 0.3 is 0 Å². The first-order valence-electron chi connectivity index (χ1n) is 5.14. The molecule has 1 aromatic rings. The number of carbonyl (C=O) groups excluding carboxylic acids is 1. The van der Waals surface area contributed by atoms with Crippen molar-refractivity contribution in [1.29, 1.82) is 0 Å². The summed E-state index contributed by atoms with van der Waals surface area (Å²) in [5.74, 6) is 0.0740. The van der Waals surface area contributed by atoms with Gasteiger partial charge in [-0.2, -0.15) is 0 Å². The van der Waals surface area contributed by atoms with Gasteiger partial charge in [-0.1, -0.05) is 0 Å². The van der Waals surface area contributed by atoms with E-state index >= 15 is 0 Å². The molecular formula is C10H15N3OS. The molecule has 15 heavy (non-hydrogen) atoms. The van der Waals surface area contributed by atoms with Crippen molar-refractivity contribution in [2.45, 2.75) is 32.4 Å². The number of rotatable bonds is 3. The highest BCUT2D eigenvalue weighted by Gasteiger charge is 2.35. The van der Waals surface area contributed by atoms with Gasteiger partial charge < -0.3 is 5.32 Å². The van der Waals surface area contributed by atoms with E-state index in [1.807, 2.05) is 5.38 Å². The van der Waals surface area contributed by atoms with Gasteiger partial charge in [-0.3, -0.25) is 9.69 Å². The van der Waals surface area contributed by atoms with Gasteiger partial charge in [-0.25, -0.2) is 4.98 Å². The third-order valence-corrected chi connectivity index (χ3v) is 3.38. The molecule has 4 nitrogen and oxygen atoms in total. The van der Waals surface area contributed by atoms with Crippen molar-refractivity contribution in [3.05, 3.63) is 11.6 Å². The topological polar surface area (TPSA) is 45.2 Å². The predicted molar refractivity (Wildman–Crippen MR) is 61.0 cm³/mol. The molecule has 1 amide bonds. The van der Waals surface area contributed by atoms with Gasteiger partial charge in [0.05, 0.1) is 6.04 Å². The molecule has 0 bridgehead atoms. The van der Waals surface area contributed by atoms with Crippen LogP contribution in [-0.2, 0) is 4.79 Å². The smallest absolute Gasteiger partial charge is 0.243 e. The van der Waals surface area contributed by atoms with E-state index in [0.717, 1.165) is 13.0 Å². The van der Waals surface area contributed by atoms with E-state index in [0.29, 0.717) is 11.2 Å². The molecule has 1 aliphatic rings. The van der Waals surface area contributed by atoms with E-state index in [-0.39, 0.29) is 11.9 Å². The van der Waals surface area contributed by atoms with Crippen molar-refractivity contribution < 1.29 is 4.79 Å². The Hall–Kier alpha value is -0.940. The van der Waals surface area contributed by atoms with Gasteiger partial charge in [0.1, 0.15) is 0 Å². The molecule has 1 fully saturated rings. The first-order chi connectivity index (χ1) is 7.18. The largest absolute Gasteiger partial charge is 0.301 e. The summed E-state index contributed by atoms with van der Waals surface area (Å²) in [4.78, 5) is 18.1. The maximum Gasteiger partial charge on any atom is 0.243 e. The second kappa shape index (κ2) is 4.28. The van der Waals surface area contributed by atoms with Crippen molar-refractivity contribution in [1.82, 2.24) is 9.88 Å². The summed E-state index contributed by atoms with van der Waals surface area (Å²) in [6.07, 6.45) is 2.65. The summed E-state index contributed by atoms with van der Waals surface area (Å²) in [5.41, 5.74) is 0. The lowest BCUT2D eigenvalue weighted by Crippen LogP contribution is -2.56. The zero-order chi connectivity index (χ0) is 10.8. The van der Waals surface area contributed by atoms with Gasteiger partial charge in [0.2, 0.25) is 5.91 Å². The van der Waals surface area contributed by atoms with Crippen LogP contribution in [0, 0.1) is 0 Å². The van der Waals surface area contributed by atoms with Crippen LogP contribution >= 0.6 is 11.3 Å². The Morgan fingerprint density at radius 2 is 2.53 bits per heavy atom. The van der Waals surface area contributed by atoms with Gasteiger partial charge in [0.25, 0.3) is 0 Å². The fourth-order valence-corrected chi connectivity index (χ4v) is 2.31. The van der Waals surface area contributed by atoms with Crippen LogP contribution in [0.4, 0.5) is 5.13 Å². The van der Waals surface area contributed by atoms with Crippen LogP contribution in [0.1, 0.15) is 20.3 Å². The number of aromatic nitrogens is 1. The first-order valence-corrected chi connectivity index (χ1v) is 6.02. The third-order valence-electron chi connectivity index (χ3n) is 2.69.